The number of nitrogens with one attached hydrogen (secondary N) is 1. The third kappa shape index (κ3) is 3.11. The van der Waals surface area contributed by atoms with Gasteiger partial charge in [-0.15, -0.1) is 0 Å². The summed E-state index contributed by atoms with van der Waals surface area (Å²) in [6, 6.07) is -0.144. The quantitative estimate of drug-likeness (QED) is 0.796. The molecule has 1 aromatic heterocycles. The summed E-state index contributed by atoms with van der Waals surface area (Å²) < 4.78 is 0. The number of imide groups is 1. The number of rotatable bonds is 5. The van der Waals surface area contributed by atoms with Crippen LogP contribution in [-0.2, 0) is 4.79 Å². The van der Waals surface area contributed by atoms with Crippen LogP contribution in [0.4, 0.5) is 4.79 Å². The number of piperidine rings is 1. The molecule has 1 spiro atoms. The number of likely N-dealkylation sites (tertiary alicyclic amines) is 1. The summed E-state index contributed by atoms with van der Waals surface area (Å²) >= 11 is 0. The van der Waals surface area contributed by atoms with E-state index >= 15 is 0 Å². The first-order chi connectivity index (χ1) is 12.9. The maximum Gasteiger partial charge on any atom is 0.327 e. The largest absolute Gasteiger partial charge is 0.341 e. The van der Waals surface area contributed by atoms with E-state index in [4.69, 9.17) is 0 Å². The summed E-state index contributed by atoms with van der Waals surface area (Å²) in [5.74, 6) is 0.582. The molecule has 2 saturated heterocycles. The fourth-order valence-electron chi connectivity index (χ4n) is 4.23. The van der Waals surface area contributed by atoms with Gasteiger partial charge >= 0.3 is 6.03 Å². The summed E-state index contributed by atoms with van der Waals surface area (Å²) in [5, 5.41) is 0. The van der Waals surface area contributed by atoms with Gasteiger partial charge in [-0.25, -0.2) is 9.78 Å². The maximum absolute atomic E-state index is 13.3. The molecule has 3 aliphatic rings. The summed E-state index contributed by atoms with van der Waals surface area (Å²) in [6.07, 6.45) is 6.18. The second-order valence-corrected chi connectivity index (χ2v) is 8.44. The molecule has 2 aliphatic heterocycles. The summed E-state index contributed by atoms with van der Waals surface area (Å²) in [4.78, 5) is 50.6. The average Bonchev–Trinajstić information content (AvgIpc) is 3.27. The van der Waals surface area contributed by atoms with Crippen molar-refractivity contribution in [2.45, 2.75) is 45.1 Å². The molecule has 3 fully saturated rings. The maximum atomic E-state index is 13.3. The number of hydrogen-bond acceptors (Lipinski definition) is 4. The van der Waals surface area contributed by atoms with Crippen LogP contribution < -0.4 is 0 Å². The third-order valence-corrected chi connectivity index (χ3v) is 5.91. The van der Waals surface area contributed by atoms with Crippen molar-refractivity contribution >= 4 is 17.8 Å². The van der Waals surface area contributed by atoms with Crippen molar-refractivity contribution < 1.29 is 14.4 Å². The molecule has 8 nitrogen and oxygen atoms in total. The van der Waals surface area contributed by atoms with Crippen molar-refractivity contribution in [1.29, 1.82) is 0 Å². The van der Waals surface area contributed by atoms with Crippen LogP contribution in [0.25, 0.3) is 0 Å². The van der Waals surface area contributed by atoms with E-state index < -0.39 is 5.54 Å². The number of hydrogen-bond donors (Lipinski definition) is 1. The first kappa shape index (κ1) is 18.0. The van der Waals surface area contributed by atoms with Crippen LogP contribution in [-0.4, -0.2) is 74.2 Å². The average molecular weight is 373 g/mol. The van der Waals surface area contributed by atoms with Crippen LogP contribution in [0.3, 0.4) is 0 Å². The number of H-pyrrole nitrogens is 1. The highest BCUT2D eigenvalue weighted by Crippen LogP contribution is 2.40. The van der Waals surface area contributed by atoms with E-state index in [-0.39, 0.29) is 23.8 Å². The Labute approximate surface area is 158 Å². The van der Waals surface area contributed by atoms with Gasteiger partial charge in [0, 0.05) is 26.2 Å². The molecule has 4 amide bonds. The van der Waals surface area contributed by atoms with Crippen molar-refractivity contribution in [3.8, 4) is 0 Å². The van der Waals surface area contributed by atoms with Crippen molar-refractivity contribution in [3.05, 3.63) is 18.2 Å². The molecule has 0 radical (unpaired) electrons. The molecule has 8 heteroatoms. The zero-order valence-corrected chi connectivity index (χ0v) is 16.0. The highest BCUT2D eigenvalue weighted by molar-refractivity contribution is 6.07. The molecular weight excluding hydrogens is 346 g/mol. The minimum absolute atomic E-state index is 0.0614. The molecule has 1 saturated carbocycles. The zero-order valence-electron chi connectivity index (χ0n) is 16.0. The molecule has 0 atom stereocenters. The van der Waals surface area contributed by atoms with Crippen molar-refractivity contribution in [1.82, 2.24) is 24.7 Å². The molecular formula is C19H27N5O3. The summed E-state index contributed by atoms with van der Waals surface area (Å²) in [6.45, 7) is 6.16. The second-order valence-electron chi connectivity index (χ2n) is 8.44. The van der Waals surface area contributed by atoms with Gasteiger partial charge in [-0.05, 0) is 37.5 Å². The molecule has 146 valence electrons. The molecule has 0 bridgehead atoms. The first-order valence-electron chi connectivity index (χ1n) is 9.83. The molecule has 0 unspecified atom stereocenters. The van der Waals surface area contributed by atoms with Crippen LogP contribution >= 0.6 is 0 Å². The van der Waals surface area contributed by atoms with E-state index in [9.17, 15) is 14.4 Å². The molecule has 4 rings (SSSR count). The minimum atomic E-state index is -0.791. The number of aromatic nitrogens is 2. The lowest BCUT2D eigenvalue weighted by molar-refractivity contribution is -0.135. The number of nitrogens with zero attached hydrogens (tertiary/aromatic N) is 4. The SMILES string of the molecule is CC(C)CN1C(=O)N(CC2CC2)C(=O)C12CCN(C(=O)c1cnc[nH]1)CC2. The molecule has 27 heavy (non-hydrogen) atoms. The Balaban J connectivity index is 1.53. The van der Waals surface area contributed by atoms with E-state index in [0.29, 0.717) is 50.6 Å². The fourth-order valence-corrected chi connectivity index (χ4v) is 4.23. The monoisotopic (exact) mass is 373 g/mol. The molecule has 0 aromatic carbocycles. The smallest absolute Gasteiger partial charge is 0.327 e. The Morgan fingerprint density at radius 3 is 2.56 bits per heavy atom. The standard InChI is InChI=1S/C19H27N5O3/c1-13(2)10-24-18(27)23(11-14-3-4-14)17(26)19(24)5-7-22(8-6-19)16(25)15-9-20-12-21-15/h9,12-14H,3-8,10-11H2,1-2H3,(H,20,21). The lowest BCUT2D eigenvalue weighted by atomic mass is 9.85. The van der Waals surface area contributed by atoms with Gasteiger partial charge in [0.2, 0.25) is 0 Å². The minimum Gasteiger partial charge on any atom is -0.341 e. The van der Waals surface area contributed by atoms with Crippen LogP contribution in [0.1, 0.15) is 50.0 Å². The predicted molar refractivity (Wildman–Crippen MR) is 97.8 cm³/mol. The Hall–Kier alpha value is -2.38. The third-order valence-electron chi connectivity index (χ3n) is 5.91. The molecule has 1 N–H and O–H groups in total. The fraction of sp³-hybridized carbons (Fsp3) is 0.684. The van der Waals surface area contributed by atoms with E-state index in [1.165, 1.54) is 17.4 Å². The lowest BCUT2D eigenvalue weighted by Crippen LogP contribution is -2.58. The highest BCUT2D eigenvalue weighted by atomic mass is 16.2. The highest BCUT2D eigenvalue weighted by Gasteiger charge is 2.58. The number of aromatic amines is 1. The van der Waals surface area contributed by atoms with Crippen molar-refractivity contribution in [2.24, 2.45) is 11.8 Å². The number of amides is 4. The van der Waals surface area contributed by atoms with E-state index in [0.717, 1.165) is 12.8 Å². The lowest BCUT2D eigenvalue weighted by Gasteiger charge is -2.42. The number of carbonyl (C=O) groups excluding carboxylic acids is 3. The van der Waals surface area contributed by atoms with Gasteiger partial charge in [-0.3, -0.25) is 14.5 Å². The normalized spacial score (nSPS) is 22.4. The number of urea groups is 1. The molecule has 1 aliphatic carbocycles. The Kier molecular flexibility index (Phi) is 4.44. The first-order valence-corrected chi connectivity index (χ1v) is 9.83. The van der Waals surface area contributed by atoms with Crippen LogP contribution in [0.15, 0.2) is 12.5 Å². The number of carbonyl (C=O) groups is 3. The molecule has 3 heterocycles. The van der Waals surface area contributed by atoms with Crippen LogP contribution in [0.5, 0.6) is 0 Å². The van der Waals surface area contributed by atoms with Gasteiger partial charge in [-0.1, -0.05) is 13.8 Å². The second kappa shape index (κ2) is 6.65. The van der Waals surface area contributed by atoms with Crippen molar-refractivity contribution in [2.75, 3.05) is 26.2 Å². The van der Waals surface area contributed by atoms with E-state index in [1.807, 2.05) is 0 Å². The van der Waals surface area contributed by atoms with Crippen LogP contribution in [0.2, 0.25) is 0 Å². The van der Waals surface area contributed by atoms with Gasteiger partial charge < -0.3 is 14.8 Å². The summed E-state index contributed by atoms with van der Waals surface area (Å²) in [5.41, 5.74) is -0.338. The van der Waals surface area contributed by atoms with Gasteiger partial charge in [0.25, 0.3) is 11.8 Å². The Bertz CT molecular complexity index is 733. The topological polar surface area (TPSA) is 89.6 Å². The summed E-state index contributed by atoms with van der Waals surface area (Å²) in [7, 11) is 0. The van der Waals surface area contributed by atoms with Gasteiger partial charge in [-0.2, -0.15) is 0 Å². The van der Waals surface area contributed by atoms with Gasteiger partial charge in [0.05, 0.1) is 12.5 Å². The van der Waals surface area contributed by atoms with Crippen LogP contribution in [0, 0.1) is 11.8 Å². The predicted octanol–water partition coefficient (Wildman–Crippen LogP) is 1.71. The number of imidazole rings is 1. The van der Waals surface area contributed by atoms with Crippen molar-refractivity contribution in [3.63, 3.8) is 0 Å². The molecule has 1 aromatic rings. The zero-order chi connectivity index (χ0) is 19.2. The van der Waals surface area contributed by atoms with Gasteiger partial charge in [0.15, 0.2) is 0 Å². The Morgan fingerprint density at radius 1 is 1.30 bits per heavy atom. The van der Waals surface area contributed by atoms with E-state index in [1.54, 1.807) is 9.80 Å². The van der Waals surface area contributed by atoms with Gasteiger partial charge in [0.1, 0.15) is 11.2 Å². The Morgan fingerprint density at radius 2 is 2.00 bits per heavy atom. The van der Waals surface area contributed by atoms with E-state index in [2.05, 4.69) is 23.8 Å².